The molecule has 2 heterocycles. The molecule has 2 aromatic carbocycles. The predicted octanol–water partition coefficient (Wildman–Crippen LogP) is 6.91. The van der Waals surface area contributed by atoms with Crippen LogP contribution in [0, 0.1) is 25.7 Å². The maximum atomic E-state index is 14.5. The molecule has 1 N–H and O–H groups in total. The number of Topliss-reactive ketones (excluding diaryl/α,β-unsaturated/α-hetero) is 1. The second-order valence-electron chi connectivity index (χ2n) is 10.8. The standard InChI is InChI=1S/C33H35NO4S/c1-21-11-9-10-16-25(21)30(35)27-26(18-17-23-12-5-3-6-13-23)34(32(36)24-14-7-4-8-15-24)29(33(37)38)28(27)31-22(2)19-20-39-31/h3,5-6,9-13,16-20,24,26-29H,4,7-8,14-15H2,1-2H3,(H,37,38). The van der Waals surface area contributed by atoms with E-state index >= 15 is 0 Å². The number of likely N-dealkylation sites (tertiary alicyclic amines) is 1. The SMILES string of the molecule is Cc1ccccc1C(=O)C1C(c2sccc2C)C(C(=O)O)N(C(=O)C2CCCCC2)C1C=Cc1ccccc1. The average Bonchev–Trinajstić information content (AvgIpc) is 3.53. The summed E-state index contributed by atoms with van der Waals surface area (Å²) in [6.45, 7) is 3.86. The quantitative estimate of drug-likeness (QED) is 0.330. The van der Waals surface area contributed by atoms with Gasteiger partial charge in [0.25, 0.3) is 0 Å². The van der Waals surface area contributed by atoms with Crippen LogP contribution in [0.5, 0.6) is 0 Å². The monoisotopic (exact) mass is 541 g/mol. The van der Waals surface area contributed by atoms with Crippen LogP contribution in [-0.4, -0.2) is 39.7 Å². The number of hydrogen-bond donors (Lipinski definition) is 1. The maximum Gasteiger partial charge on any atom is 0.327 e. The first-order valence-electron chi connectivity index (χ1n) is 13.8. The van der Waals surface area contributed by atoms with Crippen molar-refractivity contribution in [2.75, 3.05) is 0 Å². The van der Waals surface area contributed by atoms with Crippen molar-refractivity contribution in [2.45, 2.75) is 64.0 Å². The Morgan fingerprint density at radius 1 is 0.897 bits per heavy atom. The zero-order chi connectivity index (χ0) is 27.5. The molecule has 5 nitrogen and oxygen atoms in total. The van der Waals surface area contributed by atoms with Crippen LogP contribution < -0.4 is 0 Å². The van der Waals surface area contributed by atoms with Crippen molar-refractivity contribution in [3.8, 4) is 0 Å². The Labute approximate surface area is 234 Å². The summed E-state index contributed by atoms with van der Waals surface area (Å²) < 4.78 is 0. The summed E-state index contributed by atoms with van der Waals surface area (Å²) >= 11 is 1.48. The summed E-state index contributed by atoms with van der Waals surface area (Å²) in [5.41, 5.74) is 3.32. The predicted molar refractivity (Wildman–Crippen MR) is 155 cm³/mol. The normalized spacial score (nSPS) is 23.8. The van der Waals surface area contributed by atoms with Gasteiger partial charge in [-0.15, -0.1) is 11.3 Å². The minimum absolute atomic E-state index is 0.112. The number of amides is 1. The molecule has 2 fully saturated rings. The number of carboxylic acid groups (broad SMARTS) is 1. The molecule has 4 atom stereocenters. The molecule has 0 bridgehead atoms. The number of nitrogens with zero attached hydrogens (tertiary/aromatic N) is 1. The lowest BCUT2D eigenvalue weighted by Gasteiger charge is -2.33. The molecule has 2 aliphatic rings. The Morgan fingerprint density at radius 3 is 2.23 bits per heavy atom. The van der Waals surface area contributed by atoms with Crippen molar-refractivity contribution < 1.29 is 19.5 Å². The molecule has 1 saturated carbocycles. The first kappa shape index (κ1) is 27.1. The van der Waals surface area contributed by atoms with Crippen LogP contribution in [0.4, 0.5) is 0 Å². The lowest BCUT2D eigenvalue weighted by molar-refractivity contribution is -0.151. The van der Waals surface area contributed by atoms with E-state index in [-0.39, 0.29) is 17.6 Å². The van der Waals surface area contributed by atoms with Crippen LogP contribution in [0.15, 0.2) is 72.1 Å². The number of carbonyl (C=O) groups is 3. The van der Waals surface area contributed by atoms with Gasteiger partial charge in [-0.1, -0.05) is 86.0 Å². The van der Waals surface area contributed by atoms with E-state index in [1.54, 1.807) is 4.90 Å². The summed E-state index contributed by atoms with van der Waals surface area (Å²) in [6, 6.07) is 17.4. The number of hydrogen-bond acceptors (Lipinski definition) is 4. The Morgan fingerprint density at radius 2 is 1.59 bits per heavy atom. The Bertz CT molecular complexity index is 1370. The van der Waals surface area contributed by atoms with E-state index in [0.29, 0.717) is 5.56 Å². The van der Waals surface area contributed by atoms with Gasteiger partial charge in [-0.05, 0) is 54.8 Å². The minimum atomic E-state index is -1.12. The van der Waals surface area contributed by atoms with Gasteiger partial charge in [-0.2, -0.15) is 0 Å². The van der Waals surface area contributed by atoms with E-state index in [4.69, 9.17) is 0 Å². The van der Waals surface area contributed by atoms with Crippen LogP contribution in [0.2, 0.25) is 0 Å². The van der Waals surface area contributed by atoms with Crippen LogP contribution >= 0.6 is 11.3 Å². The van der Waals surface area contributed by atoms with Gasteiger partial charge in [0.05, 0.1) is 12.0 Å². The zero-order valence-corrected chi connectivity index (χ0v) is 23.3. The highest BCUT2D eigenvalue weighted by Gasteiger charge is 2.57. The van der Waals surface area contributed by atoms with Gasteiger partial charge >= 0.3 is 5.97 Å². The van der Waals surface area contributed by atoms with Gasteiger partial charge in [0.2, 0.25) is 5.91 Å². The number of aliphatic carboxylic acids is 1. The van der Waals surface area contributed by atoms with Crippen molar-refractivity contribution in [1.82, 2.24) is 4.90 Å². The number of ketones is 1. The van der Waals surface area contributed by atoms with Crippen LogP contribution in [0.1, 0.15) is 69.9 Å². The van der Waals surface area contributed by atoms with E-state index in [1.807, 2.05) is 92.0 Å². The molecular formula is C33H35NO4S. The van der Waals surface area contributed by atoms with E-state index in [9.17, 15) is 19.5 Å². The first-order chi connectivity index (χ1) is 18.9. The fraction of sp³-hybridized carbons (Fsp3) is 0.364. The topological polar surface area (TPSA) is 74.7 Å². The molecule has 0 radical (unpaired) electrons. The third-order valence-corrected chi connectivity index (χ3v) is 9.50. The number of aryl methyl sites for hydroxylation is 2. The molecule has 1 saturated heterocycles. The van der Waals surface area contributed by atoms with Crippen molar-refractivity contribution in [2.24, 2.45) is 11.8 Å². The van der Waals surface area contributed by atoms with Crippen molar-refractivity contribution in [3.05, 3.63) is 99.3 Å². The van der Waals surface area contributed by atoms with E-state index in [2.05, 4.69) is 0 Å². The molecule has 1 amide bonds. The molecular weight excluding hydrogens is 506 g/mol. The van der Waals surface area contributed by atoms with E-state index in [1.165, 1.54) is 11.3 Å². The number of rotatable bonds is 7. The Kier molecular flexibility index (Phi) is 8.12. The fourth-order valence-corrected chi connectivity index (χ4v) is 7.53. The lowest BCUT2D eigenvalue weighted by atomic mass is 9.79. The largest absolute Gasteiger partial charge is 0.480 e. The smallest absolute Gasteiger partial charge is 0.327 e. The molecule has 1 aromatic heterocycles. The van der Waals surface area contributed by atoms with Gasteiger partial charge < -0.3 is 10.0 Å². The van der Waals surface area contributed by atoms with Crippen molar-refractivity contribution in [3.63, 3.8) is 0 Å². The summed E-state index contributed by atoms with van der Waals surface area (Å²) in [5, 5.41) is 12.6. The highest BCUT2D eigenvalue weighted by molar-refractivity contribution is 7.10. The second-order valence-corrected chi connectivity index (χ2v) is 11.8. The van der Waals surface area contributed by atoms with Crippen molar-refractivity contribution >= 4 is 35.1 Å². The van der Waals surface area contributed by atoms with Gasteiger partial charge in [0, 0.05) is 22.3 Å². The molecule has 5 rings (SSSR count). The van der Waals surface area contributed by atoms with Gasteiger partial charge in [0.15, 0.2) is 5.78 Å². The Hall–Kier alpha value is -3.51. The van der Waals surface area contributed by atoms with E-state index in [0.717, 1.165) is 53.7 Å². The van der Waals surface area contributed by atoms with Crippen molar-refractivity contribution in [1.29, 1.82) is 0 Å². The molecule has 1 aliphatic heterocycles. The van der Waals surface area contributed by atoms with Crippen LogP contribution in [-0.2, 0) is 9.59 Å². The third kappa shape index (κ3) is 5.35. The second kappa shape index (κ2) is 11.7. The molecule has 4 unspecified atom stereocenters. The van der Waals surface area contributed by atoms with Gasteiger partial charge in [-0.25, -0.2) is 4.79 Å². The summed E-state index contributed by atoms with van der Waals surface area (Å²) in [5.74, 6) is -2.90. The number of thiophene rings is 1. The summed E-state index contributed by atoms with van der Waals surface area (Å²) in [4.78, 5) is 44.2. The molecule has 0 spiro atoms. The number of benzene rings is 2. The summed E-state index contributed by atoms with van der Waals surface area (Å²) in [6.07, 6.45) is 8.36. The van der Waals surface area contributed by atoms with Crippen LogP contribution in [0.25, 0.3) is 6.08 Å². The molecule has 1 aliphatic carbocycles. The number of carboxylic acids is 1. The van der Waals surface area contributed by atoms with Gasteiger partial charge in [0.1, 0.15) is 6.04 Å². The first-order valence-corrected chi connectivity index (χ1v) is 14.7. The maximum absolute atomic E-state index is 14.5. The molecule has 202 valence electrons. The zero-order valence-electron chi connectivity index (χ0n) is 22.5. The summed E-state index contributed by atoms with van der Waals surface area (Å²) in [7, 11) is 0. The Balaban J connectivity index is 1.70. The average molecular weight is 542 g/mol. The fourth-order valence-electron chi connectivity index (χ4n) is 6.42. The lowest BCUT2D eigenvalue weighted by Crippen LogP contribution is -2.49. The molecule has 3 aromatic rings. The highest BCUT2D eigenvalue weighted by Crippen LogP contribution is 2.48. The third-order valence-electron chi connectivity index (χ3n) is 8.38. The highest BCUT2D eigenvalue weighted by atomic mass is 32.1. The van der Waals surface area contributed by atoms with Crippen LogP contribution in [0.3, 0.4) is 0 Å². The number of carbonyl (C=O) groups excluding carboxylic acids is 2. The minimum Gasteiger partial charge on any atom is -0.480 e. The van der Waals surface area contributed by atoms with Gasteiger partial charge in [-0.3, -0.25) is 9.59 Å². The molecule has 39 heavy (non-hydrogen) atoms. The molecule has 6 heteroatoms. The van der Waals surface area contributed by atoms with E-state index < -0.39 is 29.9 Å².